The van der Waals surface area contributed by atoms with Gasteiger partial charge in [0.05, 0.1) is 6.10 Å². The minimum Gasteiger partial charge on any atom is -0.387 e. The van der Waals surface area contributed by atoms with Crippen molar-refractivity contribution in [1.29, 1.82) is 0 Å². The van der Waals surface area contributed by atoms with Crippen LogP contribution in [0.5, 0.6) is 0 Å². The summed E-state index contributed by atoms with van der Waals surface area (Å²) in [5.41, 5.74) is 2.41. The molecule has 0 saturated carbocycles. The van der Waals surface area contributed by atoms with Crippen molar-refractivity contribution in [3.05, 3.63) is 65.5 Å². The lowest BCUT2D eigenvalue weighted by molar-refractivity contribution is 0.199. The van der Waals surface area contributed by atoms with Gasteiger partial charge in [0, 0.05) is 16.9 Å². The lowest BCUT2D eigenvalue weighted by atomic mass is 10.1. The van der Waals surface area contributed by atoms with Gasteiger partial charge in [-0.1, -0.05) is 59.8 Å². The molecular weight excluding hydrogens is 313 g/mol. The van der Waals surface area contributed by atoms with E-state index in [1.807, 2.05) is 31.2 Å². The summed E-state index contributed by atoms with van der Waals surface area (Å²) < 4.78 is 13.6. The standard InChI is InChI=1S/C17H16FN3OS/c1-11-6-8-12(9-7-11)16-19-17(21-20-16)23-10-15(22)13-4-2-3-5-14(13)18/h2-9,15,22H,10H2,1H3,(H,19,20,21). The van der Waals surface area contributed by atoms with Gasteiger partial charge in [-0.2, -0.15) is 0 Å². The molecular formula is C17H16FN3OS. The molecule has 3 rings (SSSR count). The molecule has 0 amide bonds. The number of rotatable bonds is 5. The van der Waals surface area contributed by atoms with E-state index in [0.29, 0.717) is 11.0 Å². The predicted molar refractivity (Wildman–Crippen MR) is 88.6 cm³/mol. The topological polar surface area (TPSA) is 61.8 Å². The summed E-state index contributed by atoms with van der Waals surface area (Å²) in [5.74, 6) is 0.551. The molecule has 1 aromatic heterocycles. The van der Waals surface area contributed by atoms with Gasteiger partial charge in [-0.3, -0.25) is 5.10 Å². The third-order valence-corrected chi connectivity index (χ3v) is 4.35. The zero-order valence-electron chi connectivity index (χ0n) is 12.5. The van der Waals surface area contributed by atoms with Crippen LogP contribution in [0.15, 0.2) is 53.7 Å². The van der Waals surface area contributed by atoms with E-state index in [2.05, 4.69) is 15.2 Å². The molecule has 2 aromatic carbocycles. The number of nitrogens with one attached hydrogen (secondary N) is 1. The third-order valence-electron chi connectivity index (χ3n) is 3.42. The van der Waals surface area contributed by atoms with E-state index in [1.165, 1.54) is 23.4 Å². The summed E-state index contributed by atoms with van der Waals surface area (Å²) in [6, 6.07) is 14.2. The van der Waals surface area contributed by atoms with Crippen LogP contribution in [0.2, 0.25) is 0 Å². The Balaban J connectivity index is 1.65. The van der Waals surface area contributed by atoms with E-state index in [0.717, 1.165) is 5.56 Å². The molecule has 0 fully saturated rings. The molecule has 0 radical (unpaired) electrons. The fourth-order valence-corrected chi connectivity index (χ4v) is 2.89. The van der Waals surface area contributed by atoms with Crippen molar-refractivity contribution in [2.24, 2.45) is 0 Å². The second-order valence-electron chi connectivity index (χ2n) is 5.18. The van der Waals surface area contributed by atoms with E-state index >= 15 is 0 Å². The van der Waals surface area contributed by atoms with Crippen LogP contribution < -0.4 is 0 Å². The molecule has 0 aliphatic rings. The molecule has 1 heterocycles. The van der Waals surface area contributed by atoms with Gasteiger partial charge in [0.1, 0.15) is 5.82 Å². The number of hydrogen-bond donors (Lipinski definition) is 2. The Hall–Kier alpha value is -2.18. The lowest BCUT2D eigenvalue weighted by Crippen LogP contribution is -2.03. The Morgan fingerprint density at radius 1 is 1.17 bits per heavy atom. The highest BCUT2D eigenvalue weighted by Crippen LogP contribution is 2.25. The van der Waals surface area contributed by atoms with Crippen LogP contribution in [0.4, 0.5) is 4.39 Å². The normalized spacial score (nSPS) is 12.3. The van der Waals surface area contributed by atoms with Crippen LogP contribution >= 0.6 is 11.8 Å². The number of H-pyrrole nitrogens is 1. The predicted octanol–water partition coefficient (Wildman–Crippen LogP) is 3.74. The van der Waals surface area contributed by atoms with Crippen LogP contribution in [-0.4, -0.2) is 26.0 Å². The van der Waals surface area contributed by atoms with Gasteiger partial charge in [-0.05, 0) is 13.0 Å². The fourth-order valence-electron chi connectivity index (χ4n) is 2.14. The Morgan fingerprint density at radius 2 is 1.91 bits per heavy atom. The molecule has 0 saturated heterocycles. The van der Waals surface area contributed by atoms with Crippen molar-refractivity contribution in [1.82, 2.24) is 15.2 Å². The Kier molecular flexibility index (Phi) is 4.73. The first-order valence-electron chi connectivity index (χ1n) is 7.18. The molecule has 1 unspecified atom stereocenters. The van der Waals surface area contributed by atoms with E-state index in [9.17, 15) is 9.50 Å². The van der Waals surface area contributed by atoms with E-state index in [1.54, 1.807) is 18.2 Å². The zero-order chi connectivity index (χ0) is 16.2. The monoisotopic (exact) mass is 329 g/mol. The van der Waals surface area contributed by atoms with Gasteiger partial charge in [-0.25, -0.2) is 9.37 Å². The van der Waals surface area contributed by atoms with Crippen LogP contribution in [0.1, 0.15) is 17.2 Å². The van der Waals surface area contributed by atoms with E-state index in [-0.39, 0.29) is 11.3 Å². The maximum atomic E-state index is 13.6. The van der Waals surface area contributed by atoms with E-state index < -0.39 is 11.9 Å². The van der Waals surface area contributed by atoms with Crippen molar-refractivity contribution in [3.63, 3.8) is 0 Å². The molecule has 1 atom stereocenters. The van der Waals surface area contributed by atoms with Crippen molar-refractivity contribution in [2.75, 3.05) is 5.75 Å². The fraction of sp³-hybridized carbons (Fsp3) is 0.176. The number of benzene rings is 2. The maximum Gasteiger partial charge on any atom is 0.208 e. The molecule has 0 aliphatic heterocycles. The Labute approximate surface area is 137 Å². The summed E-state index contributed by atoms with van der Waals surface area (Å²) in [4.78, 5) is 4.39. The van der Waals surface area contributed by atoms with Crippen LogP contribution in [0.3, 0.4) is 0 Å². The number of halogens is 1. The number of aromatic nitrogens is 3. The number of aliphatic hydroxyl groups is 1. The minimum atomic E-state index is -0.900. The SMILES string of the molecule is Cc1ccc(-c2nc(SCC(O)c3ccccc3F)n[nH]2)cc1. The highest BCUT2D eigenvalue weighted by atomic mass is 32.2. The molecule has 6 heteroatoms. The molecule has 0 bridgehead atoms. The van der Waals surface area contributed by atoms with Gasteiger partial charge >= 0.3 is 0 Å². The van der Waals surface area contributed by atoms with Crippen molar-refractivity contribution >= 4 is 11.8 Å². The van der Waals surface area contributed by atoms with Crippen molar-refractivity contribution in [2.45, 2.75) is 18.2 Å². The highest BCUT2D eigenvalue weighted by molar-refractivity contribution is 7.99. The maximum absolute atomic E-state index is 13.6. The van der Waals surface area contributed by atoms with Gasteiger partial charge in [0.2, 0.25) is 5.16 Å². The smallest absolute Gasteiger partial charge is 0.208 e. The first kappa shape index (κ1) is 15.7. The summed E-state index contributed by atoms with van der Waals surface area (Å²) in [6.07, 6.45) is -0.900. The van der Waals surface area contributed by atoms with Crippen molar-refractivity contribution < 1.29 is 9.50 Å². The number of aryl methyl sites for hydroxylation is 1. The largest absolute Gasteiger partial charge is 0.387 e. The number of aliphatic hydroxyl groups excluding tert-OH is 1. The van der Waals surface area contributed by atoms with Crippen LogP contribution in [0, 0.1) is 12.7 Å². The zero-order valence-corrected chi connectivity index (χ0v) is 13.3. The molecule has 4 nitrogen and oxygen atoms in total. The summed E-state index contributed by atoms with van der Waals surface area (Å²) in [5, 5.41) is 17.6. The Bertz CT molecular complexity index is 789. The summed E-state index contributed by atoms with van der Waals surface area (Å²) in [7, 11) is 0. The van der Waals surface area contributed by atoms with Crippen LogP contribution in [0.25, 0.3) is 11.4 Å². The lowest BCUT2D eigenvalue weighted by Gasteiger charge is -2.09. The van der Waals surface area contributed by atoms with Gasteiger partial charge in [0.25, 0.3) is 0 Å². The first-order valence-corrected chi connectivity index (χ1v) is 8.17. The molecule has 118 valence electrons. The second-order valence-corrected chi connectivity index (χ2v) is 6.17. The third kappa shape index (κ3) is 3.78. The van der Waals surface area contributed by atoms with Gasteiger partial charge in [-0.15, -0.1) is 5.10 Å². The average molecular weight is 329 g/mol. The quantitative estimate of drug-likeness (QED) is 0.700. The molecule has 3 aromatic rings. The average Bonchev–Trinajstić information content (AvgIpc) is 3.03. The number of nitrogens with zero attached hydrogens (tertiary/aromatic N) is 2. The van der Waals surface area contributed by atoms with Crippen LogP contribution in [-0.2, 0) is 0 Å². The number of hydrogen-bond acceptors (Lipinski definition) is 4. The molecule has 23 heavy (non-hydrogen) atoms. The molecule has 0 spiro atoms. The van der Waals surface area contributed by atoms with Crippen molar-refractivity contribution in [3.8, 4) is 11.4 Å². The number of thioether (sulfide) groups is 1. The molecule has 0 aliphatic carbocycles. The highest BCUT2D eigenvalue weighted by Gasteiger charge is 2.14. The first-order chi connectivity index (χ1) is 11.1. The summed E-state index contributed by atoms with van der Waals surface area (Å²) in [6.45, 7) is 2.02. The van der Waals surface area contributed by atoms with Gasteiger partial charge < -0.3 is 5.11 Å². The summed E-state index contributed by atoms with van der Waals surface area (Å²) >= 11 is 1.28. The second kappa shape index (κ2) is 6.93. The Morgan fingerprint density at radius 3 is 2.65 bits per heavy atom. The molecule has 2 N–H and O–H groups in total. The van der Waals surface area contributed by atoms with Gasteiger partial charge in [0.15, 0.2) is 5.82 Å². The minimum absolute atomic E-state index is 0.284. The number of aromatic amines is 1. The van der Waals surface area contributed by atoms with E-state index in [4.69, 9.17) is 0 Å².